The molecule has 2 rings (SSSR count). The predicted molar refractivity (Wildman–Crippen MR) is 77.7 cm³/mol. The minimum absolute atomic E-state index is 0.202. The van der Waals surface area contributed by atoms with E-state index in [9.17, 15) is 4.79 Å². The Morgan fingerprint density at radius 1 is 1.42 bits per heavy atom. The summed E-state index contributed by atoms with van der Waals surface area (Å²) < 4.78 is 0.673. The maximum absolute atomic E-state index is 11.1. The number of aromatic nitrogens is 1. The summed E-state index contributed by atoms with van der Waals surface area (Å²) in [7, 11) is 0. The number of piperidine rings is 1. The summed E-state index contributed by atoms with van der Waals surface area (Å²) in [6.45, 7) is 3.92. The molecule has 0 aliphatic carbocycles. The Morgan fingerprint density at radius 2 is 2.16 bits per heavy atom. The maximum atomic E-state index is 11.1. The monoisotopic (exact) mass is 327 g/mol. The molecule has 1 fully saturated rings. The standard InChI is InChI=1S/C13H18BrN3O2/c14-10-8-11(13(18)19)12(16-9-10)15-4-7-17-5-2-1-3-6-17/h8-9H,1-7H2,(H,15,16)(H,18,19). The number of anilines is 1. The van der Waals surface area contributed by atoms with Gasteiger partial charge < -0.3 is 15.3 Å². The van der Waals surface area contributed by atoms with Crippen LogP contribution in [0, 0.1) is 0 Å². The molecular weight excluding hydrogens is 310 g/mol. The van der Waals surface area contributed by atoms with Gasteiger partial charge in [0.25, 0.3) is 0 Å². The second-order valence-electron chi connectivity index (χ2n) is 4.68. The molecule has 0 unspecified atom stereocenters. The molecule has 0 amide bonds. The van der Waals surface area contributed by atoms with Crippen molar-refractivity contribution < 1.29 is 9.90 Å². The highest BCUT2D eigenvalue weighted by Gasteiger charge is 2.13. The van der Waals surface area contributed by atoms with E-state index in [1.807, 2.05) is 0 Å². The van der Waals surface area contributed by atoms with Gasteiger partial charge in [0.2, 0.25) is 0 Å². The van der Waals surface area contributed by atoms with Gasteiger partial charge in [-0.25, -0.2) is 9.78 Å². The molecule has 0 radical (unpaired) electrons. The number of rotatable bonds is 5. The number of hydrogen-bond acceptors (Lipinski definition) is 4. The van der Waals surface area contributed by atoms with Gasteiger partial charge in [-0.1, -0.05) is 6.42 Å². The van der Waals surface area contributed by atoms with E-state index in [0.29, 0.717) is 10.3 Å². The number of hydrogen-bond donors (Lipinski definition) is 2. The highest BCUT2D eigenvalue weighted by atomic mass is 79.9. The van der Waals surface area contributed by atoms with Crippen LogP contribution in [0.1, 0.15) is 29.6 Å². The van der Waals surface area contributed by atoms with Crippen LogP contribution in [0.4, 0.5) is 5.82 Å². The first-order valence-corrected chi connectivity index (χ1v) is 7.31. The van der Waals surface area contributed by atoms with E-state index in [1.54, 1.807) is 12.3 Å². The number of likely N-dealkylation sites (tertiary alicyclic amines) is 1. The van der Waals surface area contributed by atoms with Crippen molar-refractivity contribution in [1.82, 2.24) is 9.88 Å². The Morgan fingerprint density at radius 3 is 2.84 bits per heavy atom. The lowest BCUT2D eigenvalue weighted by Crippen LogP contribution is -2.34. The summed E-state index contributed by atoms with van der Waals surface area (Å²) >= 11 is 3.23. The van der Waals surface area contributed by atoms with Crippen molar-refractivity contribution in [1.29, 1.82) is 0 Å². The quantitative estimate of drug-likeness (QED) is 0.869. The molecule has 1 aliphatic rings. The first-order valence-electron chi connectivity index (χ1n) is 6.52. The molecule has 19 heavy (non-hydrogen) atoms. The van der Waals surface area contributed by atoms with Gasteiger partial charge in [-0.15, -0.1) is 0 Å². The van der Waals surface area contributed by atoms with Gasteiger partial charge >= 0.3 is 5.97 Å². The lowest BCUT2D eigenvalue weighted by molar-refractivity contribution is 0.0697. The van der Waals surface area contributed by atoms with Gasteiger partial charge in [-0.05, 0) is 47.9 Å². The van der Waals surface area contributed by atoms with Crippen molar-refractivity contribution in [2.24, 2.45) is 0 Å². The highest BCUT2D eigenvalue weighted by molar-refractivity contribution is 9.10. The Labute approximate surface area is 121 Å². The van der Waals surface area contributed by atoms with Crippen molar-refractivity contribution >= 4 is 27.7 Å². The number of pyridine rings is 1. The number of carbonyl (C=O) groups is 1. The SMILES string of the molecule is O=C(O)c1cc(Br)cnc1NCCN1CCCCC1. The van der Waals surface area contributed by atoms with Gasteiger partial charge in [-0.3, -0.25) is 0 Å². The topological polar surface area (TPSA) is 65.5 Å². The zero-order valence-electron chi connectivity index (χ0n) is 10.7. The summed E-state index contributed by atoms with van der Waals surface area (Å²) in [5.74, 6) is -0.526. The van der Waals surface area contributed by atoms with Crippen LogP contribution in [0.3, 0.4) is 0 Å². The molecule has 0 aromatic carbocycles. The molecule has 0 saturated carbocycles. The molecule has 0 bridgehead atoms. The van der Waals surface area contributed by atoms with Crippen LogP contribution in [0.5, 0.6) is 0 Å². The minimum Gasteiger partial charge on any atom is -0.478 e. The smallest absolute Gasteiger partial charge is 0.339 e. The van der Waals surface area contributed by atoms with Gasteiger partial charge in [0.1, 0.15) is 11.4 Å². The molecule has 104 valence electrons. The van der Waals surface area contributed by atoms with E-state index >= 15 is 0 Å². The van der Waals surface area contributed by atoms with Gasteiger partial charge in [0, 0.05) is 23.8 Å². The van der Waals surface area contributed by atoms with Crippen LogP contribution >= 0.6 is 15.9 Å². The lowest BCUT2D eigenvalue weighted by atomic mass is 10.1. The number of nitrogens with zero attached hydrogens (tertiary/aromatic N) is 2. The van der Waals surface area contributed by atoms with Crippen molar-refractivity contribution in [2.75, 3.05) is 31.5 Å². The fourth-order valence-electron chi connectivity index (χ4n) is 2.26. The number of aromatic carboxylic acids is 1. The zero-order valence-corrected chi connectivity index (χ0v) is 12.3. The first kappa shape index (κ1) is 14.3. The number of carboxylic acid groups (broad SMARTS) is 1. The van der Waals surface area contributed by atoms with Crippen LogP contribution in [-0.4, -0.2) is 47.1 Å². The Balaban J connectivity index is 1.89. The molecule has 6 heteroatoms. The van der Waals surface area contributed by atoms with Crippen LogP contribution in [0.25, 0.3) is 0 Å². The maximum Gasteiger partial charge on any atom is 0.339 e. The normalized spacial score (nSPS) is 16.3. The third-order valence-corrected chi connectivity index (χ3v) is 3.69. The molecular formula is C13H18BrN3O2. The lowest BCUT2D eigenvalue weighted by Gasteiger charge is -2.26. The van der Waals surface area contributed by atoms with E-state index in [4.69, 9.17) is 5.11 Å². The average molecular weight is 328 g/mol. The number of carboxylic acids is 1. The fourth-order valence-corrected chi connectivity index (χ4v) is 2.59. The molecule has 0 atom stereocenters. The highest BCUT2D eigenvalue weighted by Crippen LogP contribution is 2.18. The van der Waals surface area contributed by atoms with E-state index in [0.717, 1.165) is 26.2 Å². The van der Waals surface area contributed by atoms with E-state index in [1.165, 1.54) is 19.3 Å². The third-order valence-electron chi connectivity index (χ3n) is 3.25. The van der Waals surface area contributed by atoms with Crippen molar-refractivity contribution in [3.8, 4) is 0 Å². The van der Waals surface area contributed by atoms with Crippen LogP contribution in [-0.2, 0) is 0 Å². The molecule has 1 aromatic rings. The summed E-state index contributed by atoms with van der Waals surface area (Å²) in [4.78, 5) is 17.7. The van der Waals surface area contributed by atoms with E-state index in [-0.39, 0.29) is 5.56 Å². The van der Waals surface area contributed by atoms with Crippen molar-refractivity contribution in [2.45, 2.75) is 19.3 Å². The molecule has 2 heterocycles. The molecule has 1 saturated heterocycles. The zero-order chi connectivity index (χ0) is 13.7. The molecule has 2 N–H and O–H groups in total. The summed E-state index contributed by atoms with van der Waals surface area (Å²) in [5, 5.41) is 12.2. The van der Waals surface area contributed by atoms with Gasteiger partial charge in [0.15, 0.2) is 0 Å². The second-order valence-corrected chi connectivity index (χ2v) is 5.60. The van der Waals surface area contributed by atoms with E-state index in [2.05, 4.69) is 31.1 Å². The largest absolute Gasteiger partial charge is 0.478 e. The molecule has 0 spiro atoms. The minimum atomic E-state index is -0.964. The van der Waals surface area contributed by atoms with Crippen molar-refractivity contribution in [3.63, 3.8) is 0 Å². The summed E-state index contributed by atoms with van der Waals surface area (Å²) in [5.41, 5.74) is 0.202. The van der Waals surface area contributed by atoms with Crippen molar-refractivity contribution in [3.05, 3.63) is 22.3 Å². The number of halogens is 1. The van der Waals surface area contributed by atoms with Crippen LogP contribution in [0.15, 0.2) is 16.7 Å². The Hall–Kier alpha value is -1.14. The third kappa shape index (κ3) is 4.18. The van der Waals surface area contributed by atoms with Crippen LogP contribution in [0.2, 0.25) is 0 Å². The molecule has 5 nitrogen and oxygen atoms in total. The van der Waals surface area contributed by atoms with Gasteiger partial charge in [-0.2, -0.15) is 0 Å². The Kier molecular flexibility index (Phi) is 5.15. The first-order chi connectivity index (χ1) is 9.16. The van der Waals surface area contributed by atoms with Gasteiger partial charge in [0.05, 0.1) is 0 Å². The average Bonchev–Trinajstić information content (AvgIpc) is 2.41. The van der Waals surface area contributed by atoms with Crippen LogP contribution < -0.4 is 5.32 Å². The van der Waals surface area contributed by atoms with E-state index < -0.39 is 5.97 Å². The predicted octanol–water partition coefficient (Wildman–Crippen LogP) is 2.44. The Bertz CT molecular complexity index is 448. The molecule has 1 aromatic heterocycles. The number of nitrogens with one attached hydrogen (secondary N) is 1. The second kappa shape index (κ2) is 6.86. The fraction of sp³-hybridized carbons (Fsp3) is 0.538. The summed E-state index contributed by atoms with van der Waals surface area (Å²) in [6.07, 6.45) is 5.45. The summed E-state index contributed by atoms with van der Waals surface area (Å²) in [6, 6.07) is 1.57. The molecule has 1 aliphatic heterocycles.